The van der Waals surface area contributed by atoms with Crippen molar-refractivity contribution in [2.45, 2.75) is 112 Å². The van der Waals surface area contributed by atoms with E-state index < -0.39 is 5.60 Å². The molecule has 1 aromatic rings. The van der Waals surface area contributed by atoms with E-state index in [0.29, 0.717) is 18.1 Å². The van der Waals surface area contributed by atoms with Gasteiger partial charge in [-0.1, -0.05) is 41.5 Å². The Hall–Kier alpha value is -1.24. The lowest BCUT2D eigenvalue weighted by molar-refractivity contribution is -0.925. The molecule has 1 heterocycles. The highest BCUT2D eigenvalue weighted by atomic mass is 19.1. The van der Waals surface area contributed by atoms with Crippen LogP contribution in [-0.2, 0) is 0 Å². The molecule has 0 N–H and O–H groups in total. The normalized spacial score (nSPS) is 16.6. The van der Waals surface area contributed by atoms with Crippen molar-refractivity contribution < 1.29 is 14.0 Å². The molecule has 198 valence electrons. The van der Waals surface area contributed by atoms with Crippen LogP contribution in [0.4, 0.5) is 4.39 Å². The summed E-state index contributed by atoms with van der Waals surface area (Å²) < 4.78 is 16.5. The SMILES string of the molecule is CCC(C)N(CC)CC(CN(CC)C(C)CC)(CN(CC)C(C)CC)O[n+]1ccc(C)cc1F. The van der Waals surface area contributed by atoms with Crippen LogP contribution in [0, 0.1) is 12.9 Å². The third-order valence-electron chi connectivity index (χ3n) is 7.66. The fraction of sp³-hybridized carbons (Fsp3) is 0.821. The second kappa shape index (κ2) is 15.0. The minimum absolute atomic E-state index is 0.353. The minimum atomic E-state index is -0.598. The molecule has 0 aliphatic heterocycles. The lowest BCUT2D eigenvalue weighted by Crippen LogP contribution is -2.70. The van der Waals surface area contributed by atoms with Gasteiger partial charge in [0.25, 0.3) is 0 Å². The van der Waals surface area contributed by atoms with Crippen molar-refractivity contribution in [2.24, 2.45) is 0 Å². The second-order valence-electron chi connectivity index (χ2n) is 10.1. The van der Waals surface area contributed by atoms with E-state index in [-0.39, 0.29) is 5.95 Å². The van der Waals surface area contributed by atoms with Crippen molar-refractivity contribution in [2.75, 3.05) is 39.3 Å². The standard InChI is InChI=1S/C28H54FN4O/c1-11-24(8)30(14-4)20-28(21-31(15-5)25(9)12-2,22-32(16-6)26(10)13-3)34-33-18-17-23(7)19-27(33)29/h17-19,24-26H,11-16,20-22H2,1-10H3/q+1. The maximum Gasteiger partial charge on any atom is 0.408 e. The smallest absolute Gasteiger partial charge is 0.297 e. The highest BCUT2D eigenvalue weighted by Crippen LogP contribution is 2.21. The van der Waals surface area contributed by atoms with E-state index in [4.69, 9.17) is 4.84 Å². The fourth-order valence-corrected chi connectivity index (χ4v) is 4.70. The summed E-state index contributed by atoms with van der Waals surface area (Å²) in [6.07, 6.45) is 4.95. The van der Waals surface area contributed by atoms with Gasteiger partial charge in [0, 0.05) is 54.6 Å². The van der Waals surface area contributed by atoms with Gasteiger partial charge in [-0.2, -0.15) is 0 Å². The fourth-order valence-electron chi connectivity index (χ4n) is 4.70. The first-order valence-corrected chi connectivity index (χ1v) is 13.7. The Morgan fingerprint density at radius 3 is 1.47 bits per heavy atom. The number of aromatic nitrogens is 1. The molecule has 5 nitrogen and oxygen atoms in total. The average molecular weight is 482 g/mol. The monoisotopic (exact) mass is 481 g/mol. The topological polar surface area (TPSA) is 22.8 Å². The molecule has 0 radical (unpaired) electrons. The number of halogens is 1. The number of hydrogen-bond acceptors (Lipinski definition) is 4. The van der Waals surface area contributed by atoms with Gasteiger partial charge in [0.15, 0.2) is 0 Å². The van der Waals surface area contributed by atoms with E-state index in [1.165, 1.54) is 4.73 Å². The van der Waals surface area contributed by atoms with Gasteiger partial charge in [0.05, 0.1) is 0 Å². The molecule has 0 saturated heterocycles. The van der Waals surface area contributed by atoms with Crippen LogP contribution in [0.1, 0.15) is 87.1 Å². The summed E-state index contributed by atoms with van der Waals surface area (Å²) in [5.74, 6) is -0.353. The molecule has 1 rings (SSSR count). The highest BCUT2D eigenvalue weighted by molar-refractivity contribution is 5.04. The largest absolute Gasteiger partial charge is 0.408 e. The Kier molecular flexibility index (Phi) is 13.6. The van der Waals surface area contributed by atoms with E-state index in [2.05, 4.69) is 77.0 Å². The van der Waals surface area contributed by atoms with Crippen molar-refractivity contribution >= 4 is 0 Å². The summed E-state index contributed by atoms with van der Waals surface area (Å²) in [6.45, 7) is 27.2. The van der Waals surface area contributed by atoms with Gasteiger partial charge in [-0.25, -0.2) is 0 Å². The molecule has 34 heavy (non-hydrogen) atoms. The summed E-state index contributed by atoms with van der Waals surface area (Å²) in [7, 11) is 0. The number of aryl methyl sites for hydroxylation is 1. The molecule has 0 amide bonds. The van der Waals surface area contributed by atoms with E-state index in [9.17, 15) is 0 Å². The Balaban J connectivity index is 3.62. The number of rotatable bonds is 17. The summed E-state index contributed by atoms with van der Waals surface area (Å²) >= 11 is 0. The Morgan fingerprint density at radius 2 is 1.18 bits per heavy atom. The number of hydrogen-bond donors (Lipinski definition) is 0. The Morgan fingerprint density at radius 1 is 0.794 bits per heavy atom. The third-order valence-corrected chi connectivity index (χ3v) is 7.66. The highest BCUT2D eigenvalue weighted by Gasteiger charge is 2.44. The van der Waals surface area contributed by atoms with Crippen molar-refractivity contribution in [3.05, 3.63) is 29.8 Å². The van der Waals surface area contributed by atoms with Gasteiger partial charge in [-0.15, -0.1) is 4.39 Å². The van der Waals surface area contributed by atoms with E-state index in [0.717, 1.165) is 64.1 Å². The van der Waals surface area contributed by atoms with Crippen LogP contribution in [-0.4, -0.2) is 77.7 Å². The molecule has 0 spiro atoms. The molecule has 3 atom stereocenters. The lowest BCUT2D eigenvalue weighted by atomic mass is 9.97. The van der Waals surface area contributed by atoms with Gasteiger partial charge in [0.1, 0.15) is 0 Å². The van der Waals surface area contributed by atoms with Crippen LogP contribution >= 0.6 is 0 Å². The van der Waals surface area contributed by atoms with Crippen LogP contribution in [0.2, 0.25) is 0 Å². The van der Waals surface area contributed by atoms with Crippen molar-refractivity contribution in [1.82, 2.24) is 14.7 Å². The molecule has 3 unspecified atom stereocenters. The van der Waals surface area contributed by atoms with Crippen LogP contribution in [0.5, 0.6) is 0 Å². The van der Waals surface area contributed by atoms with Crippen LogP contribution in [0.15, 0.2) is 18.3 Å². The number of nitrogens with zero attached hydrogens (tertiary/aromatic N) is 4. The zero-order valence-corrected chi connectivity index (χ0v) is 23.9. The maximum atomic E-state index is 15.1. The van der Waals surface area contributed by atoms with Crippen molar-refractivity contribution in [1.29, 1.82) is 0 Å². The second-order valence-corrected chi connectivity index (χ2v) is 10.1. The zero-order valence-electron chi connectivity index (χ0n) is 23.9. The number of pyridine rings is 1. The Labute approximate surface area is 210 Å². The summed E-state index contributed by atoms with van der Waals surface area (Å²) in [6, 6.07) is 4.75. The molecular weight excluding hydrogens is 427 g/mol. The van der Waals surface area contributed by atoms with Crippen LogP contribution in [0.25, 0.3) is 0 Å². The first kappa shape index (κ1) is 30.8. The molecule has 0 aromatic carbocycles. The molecule has 1 aromatic heterocycles. The predicted octanol–water partition coefficient (Wildman–Crippen LogP) is 4.95. The van der Waals surface area contributed by atoms with Gasteiger partial charge in [0.2, 0.25) is 11.8 Å². The van der Waals surface area contributed by atoms with Gasteiger partial charge in [-0.05, 0) is 72.2 Å². The van der Waals surface area contributed by atoms with Crippen molar-refractivity contribution in [3.8, 4) is 0 Å². The molecule has 0 bridgehead atoms. The minimum Gasteiger partial charge on any atom is -0.297 e. The lowest BCUT2D eigenvalue weighted by Gasteiger charge is -2.43. The first-order chi connectivity index (χ1) is 16.1. The van der Waals surface area contributed by atoms with Crippen LogP contribution in [0.3, 0.4) is 0 Å². The van der Waals surface area contributed by atoms with Crippen molar-refractivity contribution in [3.63, 3.8) is 0 Å². The molecule has 0 saturated carbocycles. The Bertz CT molecular complexity index is 651. The quantitative estimate of drug-likeness (QED) is 0.232. The predicted molar refractivity (Wildman–Crippen MR) is 142 cm³/mol. The molecule has 0 fully saturated rings. The van der Waals surface area contributed by atoms with Gasteiger partial charge >= 0.3 is 5.95 Å². The molecule has 0 aliphatic carbocycles. The first-order valence-electron chi connectivity index (χ1n) is 13.7. The molecule has 0 aliphatic rings. The number of likely N-dealkylation sites (N-methyl/N-ethyl adjacent to an activating group) is 3. The van der Waals surface area contributed by atoms with E-state index >= 15 is 4.39 Å². The summed E-state index contributed by atoms with van der Waals surface area (Å²) in [4.78, 5) is 14.3. The van der Waals surface area contributed by atoms with E-state index in [1.54, 1.807) is 12.3 Å². The van der Waals surface area contributed by atoms with Gasteiger partial charge < -0.3 is 0 Å². The zero-order chi connectivity index (χ0) is 25.9. The molecule has 6 heteroatoms. The maximum absolute atomic E-state index is 15.1. The summed E-state index contributed by atoms with van der Waals surface area (Å²) in [5.41, 5.74) is 0.293. The van der Waals surface area contributed by atoms with Crippen LogP contribution < -0.4 is 9.57 Å². The molecular formula is C28H54FN4O+. The van der Waals surface area contributed by atoms with E-state index in [1.807, 2.05) is 13.0 Å². The summed E-state index contributed by atoms with van der Waals surface area (Å²) in [5, 5.41) is 0. The third kappa shape index (κ3) is 8.76. The average Bonchev–Trinajstić information content (AvgIpc) is 2.84. The van der Waals surface area contributed by atoms with Gasteiger partial charge in [-0.3, -0.25) is 19.5 Å².